The Kier molecular flexibility index (Phi) is 5.01. The number of carboxylic acids is 1. The van der Waals surface area contributed by atoms with Crippen molar-refractivity contribution in [3.05, 3.63) is 0 Å². The zero-order valence-corrected chi connectivity index (χ0v) is 7.64. The summed E-state index contributed by atoms with van der Waals surface area (Å²) >= 11 is 0. The number of esters is 1. The van der Waals surface area contributed by atoms with Crippen molar-refractivity contribution in [2.24, 2.45) is 0 Å². The Morgan fingerprint density at radius 1 is 1.08 bits per heavy atom. The van der Waals surface area contributed by atoms with Crippen LogP contribution in [-0.4, -0.2) is 50.6 Å². The van der Waals surface area contributed by atoms with Crippen LogP contribution in [0, 0.1) is 0 Å². The number of aliphatic carboxylic acids is 1. The Bertz CT molecular complexity index is 189. The normalized spacial score (nSPS) is 14.7. The molecule has 0 aromatic rings. The van der Waals surface area contributed by atoms with Gasteiger partial charge in [0.1, 0.15) is 0 Å². The van der Waals surface area contributed by atoms with E-state index in [1.165, 1.54) is 14.2 Å². The third-order valence-corrected chi connectivity index (χ3v) is 1.46. The molecule has 76 valence electrons. The first-order chi connectivity index (χ1) is 6.08. The molecule has 0 rings (SSSR count). The summed E-state index contributed by atoms with van der Waals surface area (Å²) in [5.74, 6) is -2.06. The smallest absolute Gasteiger partial charge is 0.338 e. The minimum Gasteiger partial charge on any atom is -0.479 e. The molecule has 2 atom stereocenters. The van der Waals surface area contributed by atoms with Gasteiger partial charge in [0, 0.05) is 14.2 Å². The summed E-state index contributed by atoms with van der Waals surface area (Å²) in [6, 6.07) is 0. The molecule has 0 aliphatic rings. The fourth-order valence-electron chi connectivity index (χ4n) is 0.813. The monoisotopic (exact) mass is 192 g/mol. The molecule has 1 N–H and O–H groups in total. The topological polar surface area (TPSA) is 82.1 Å². The fraction of sp³-hybridized carbons (Fsp3) is 0.714. The van der Waals surface area contributed by atoms with Crippen LogP contribution >= 0.6 is 0 Å². The summed E-state index contributed by atoms with van der Waals surface area (Å²) in [6.45, 7) is 0. The minimum absolute atomic E-state index is 0.781. The van der Waals surface area contributed by atoms with Gasteiger partial charge in [-0.25, -0.2) is 9.59 Å². The quantitative estimate of drug-likeness (QED) is 0.578. The van der Waals surface area contributed by atoms with Crippen molar-refractivity contribution in [3.63, 3.8) is 0 Å². The maximum atomic E-state index is 11.0. The number of hydrogen-bond donors (Lipinski definition) is 1. The van der Waals surface area contributed by atoms with E-state index in [-0.39, 0.29) is 0 Å². The van der Waals surface area contributed by atoms with Crippen LogP contribution in [0.25, 0.3) is 0 Å². The Morgan fingerprint density at radius 2 is 1.54 bits per heavy atom. The molecule has 0 bridgehead atoms. The van der Waals surface area contributed by atoms with Gasteiger partial charge in [-0.15, -0.1) is 0 Å². The average molecular weight is 192 g/mol. The van der Waals surface area contributed by atoms with Crippen LogP contribution in [-0.2, 0) is 23.8 Å². The highest BCUT2D eigenvalue weighted by molar-refractivity contribution is 5.84. The van der Waals surface area contributed by atoms with E-state index in [0.29, 0.717) is 0 Å². The highest BCUT2D eigenvalue weighted by atomic mass is 16.6. The number of hydrogen-bond acceptors (Lipinski definition) is 5. The van der Waals surface area contributed by atoms with Crippen LogP contribution in [0.4, 0.5) is 0 Å². The molecule has 0 aromatic heterocycles. The third kappa shape index (κ3) is 3.00. The number of ether oxygens (including phenoxy) is 3. The van der Waals surface area contributed by atoms with Crippen LogP contribution < -0.4 is 0 Å². The SMILES string of the molecule is COC(=O)[C@@H](OC)[C@@H](OC)C(=O)O. The number of carbonyl (C=O) groups is 2. The number of rotatable bonds is 5. The van der Waals surface area contributed by atoms with Gasteiger partial charge in [-0.3, -0.25) is 0 Å². The lowest BCUT2D eigenvalue weighted by atomic mass is 10.2. The van der Waals surface area contributed by atoms with E-state index in [0.717, 1.165) is 7.11 Å². The summed E-state index contributed by atoms with van der Waals surface area (Å²) in [7, 11) is 3.52. The molecule has 0 saturated carbocycles. The van der Waals surface area contributed by atoms with Gasteiger partial charge in [-0.1, -0.05) is 0 Å². The Morgan fingerprint density at radius 3 is 1.77 bits per heavy atom. The van der Waals surface area contributed by atoms with Crippen LogP contribution in [0.1, 0.15) is 0 Å². The maximum Gasteiger partial charge on any atom is 0.338 e. The van der Waals surface area contributed by atoms with Crippen molar-refractivity contribution in [2.75, 3.05) is 21.3 Å². The van der Waals surface area contributed by atoms with Crippen LogP contribution in [0.15, 0.2) is 0 Å². The van der Waals surface area contributed by atoms with E-state index in [2.05, 4.69) is 14.2 Å². The molecule has 0 spiro atoms. The lowest BCUT2D eigenvalue weighted by Crippen LogP contribution is -2.43. The highest BCUT2D eigenvalue weighted by Crippen LogP contribution is 2.04. The molecule has 0 radical (unpaired) electrons. The standard InChI is InChI=1S/C7H12O6/c1-11-4(6(8)9)5(12-2)7(10)13-3/h4-5H,1-3H3,(H,8,9)/t4-,5+/m1/s1. The molecular weight excluding hydrogens is 180 g/mol. The summed E-state index contributed by atoms with van der Waals surface area (Å²) in [4.78, 5) is 21.5. The van der Waals surface area contributed by atoms with E-state index >= 15 is 0 Å². The van der Waals surface area contributed by atoms with E-state index in [9.17, 15) is 9.59 Å². The molecule has 0 aromatic carbocycles. The van der Waals surface area contributed by atoms with Crippen LogP contribution in [0.5, 0.6) is 0 Å². The number of methoxy groups -OCH3 is 3. The largest absolute Gasteiger partial charge is 0.479 e. The van der Waals surface area contributed by atoms with Crippen molar-refractivity contribution < 1.29 is 28.9 Å². The molecule has 13 heavy (non-hydrogen) atoms. The van der Waals surface area contributed by atoms with Crippen molar-refractivity contribution >= 4 is 11.9 Å². The zero-order valence-electron chi connectivity index (χ0n) is 7.64. The summed E-state index contributed by atoms with van der Waals surface area (Å²) in [5.41, 5.74) is 0. The van der Waals surface area contributed by atoms with E-state index in [1.54, 1.807) is 0 Å². The third-order valence-electron chi connectivity index (χ3n) is 1.46. The fourth-order valence-corrected chi connectivity index (χ4v) is 0.813. The second-order valence-electron chi connectivity index (χ2n) is 2.17. The lowest BCUT2D eigenvalue weighted by Gasteiger charge is -2.18. The first-order valence-electron chi connectivity index (χ1n) is 3.44. The minimum atomic E-state index is -1.35. The number of carboxylic acid groups (broad SMARTS) is 1. The van der Waals surface area contributed by atoms with E-state index in [4.69, 9.17) is 5.11 Å². The van der Waals surface area contributed by atoms with E-state index < -0.39 is 24.1 Å². The van der Waals surface area contributed by atoms with Gasteiger partial charge in [0.2, 0.25) is 0 Å². The van der Waals surface area contributed by atoms with Crippen molar-refractivity contribution in [2.45, 2.75) is 12.2 Å². The van der Waals surface area contributed by atoms with Gasteiger partial charge in [0.15, 0.2) is 12.2 Å². The summed E-state index contributed by atoms with van der Waals surface area (Å²) < 4.78 is 13.5. The van der Waals surface area contributed by atoms with Crippen molar-refractivity contribution in [1.82, 2.24) is 0 Å². The first kappa shape index (κ1) is 11.9. The van der Waals surface area contributed by atoms with Crippen molar-refractivity contribution in [1.29, 1.82) is 0 Å². The Hall–Kier alpha value is -1.14. The second-order valence-corrected chi connectivity index (χ2v) is 2.17. The predicted octanol–water partition coefficient (Wildman–Crippen LogP) is -0.726. The highest BCUT2D eigenvalue weighted by Gasteiger charge is 2.34. The van der Waals surface area contributed by atoms with Gasteiger partial charge in [-0.2, -0.15) is 0 Å². The average Bonchev–Trinajstić information content (AvgIpc) is 2.12. The molecule has 0 heterocycles. The molecular formula is C7H12O6. The van der Waals surface area contributed by atoms with Gasteiger partial charge in [0.05, 0.1) is 7.11 Å². The molecule has 0 amide bonds. The van der Waals surface area contributed by atoms with Crippen LogP contribution in [0.2, 0.25) is 0 Å². The zero-order chi connectivity index (χ0) is 10.4. The molecule has 6 nitrogen and oxygen atoms in total. The lowest BCUT2D eigenvalue weighted by molar-refractivity contribution is -0.173. The number of carbonyl (C=O) groups excluding carboxylic acids is 1. The second kappa shape index (κ2) is 5.50. The predicted molar refractivity (Wildman–Crippen MR) is 41.2 cm³/mol. The Balaban J connectivity index is 4.52. The summed E-state index contributed by atoms with van der Waals surface area (Å²) in [5, 5.41) is 8.61. The molecule has 0 fully saturated rings. The molecule has 0 aliphatic heterocycles. The molecule has 0 aliphatic carbocycles. The van der Waals surface area contributed by atoms with Gasteiger partial charge < -0.3 is 19.3 Å². The first-order valence-corrected chi connectivity index (χ1v) is 3.44. The maximum absolute atomic E-state index is 11.0. The van der Waals surface area contributed by atoms with Gasteiger partial charge in [0.25, 0.3) is 0 Å². The molecule has 6 heteroatoms. The van der Waals surface area contributed by atoms with Gasteiger partial charge >= 0.3 is 11.9 Å². The van der Waals surface area contributed by atoms with Gasteiger partial charge in [-0.05, 0) is 0 Å². The van der Waals surface area contributed by atoms with E-state index in [1.807, 2.05) is 0 Å². The molecule has 0 saturated heterocycles. The van der Waals surface area contributed by atoms with Crippen molar-refractivity contribution in [3.8, 4) is 0 Å². The molecule has 0 unspecified atom stereocenters. The van der Waals surface area contributed by atoms with Crippen LogP contribution in [0.3, 0.4) is 0 Å². The summed E-state index contributed by atoms with van der Waals surface area (Å²) in [6.07, 6.45) is -2.59. The Labute approximate surface area is 75.4 Å².